The first kappa shape index (κ1) is 20.5. The maximum atomic E-state index is 12.4. The molecule has 8 nitrogen and oxygen atoms in total. The van der Waals surface area contributed by atoms with Gasteiger partial charge in [0.1, 0.15) is 5.01 Å². The van der Waals surface area contributed by atoms with Gasteiger partial charge < -0.3 is 20.3 Å². The maximum Gasteiger partial charge on any atom is 0.317 e. The minimum atomic E-state index is -0.323. The molecule has 3 amide bonds. The van der Waals surface area contributed by atoms with Crippen LogP contribution in [0.2, 0.25) is 5.02 Å². The van der Waals surface area contributed by atoms with Crippen molar-refractivity contribution < 1.29 is 14.3 Å². The molecule has 1 aliphatic heterocycles. The lowest BCUT2D eigenvalue weighted by Gasteiger charge is -2.31. The van der Waals surface area contributed by atoms with E-state index in [4.69, 9.17) is 16.3 Å². The van der Waals surface area contributed by atoms with E-state index >= 15 is 0 Å². The number of rotatable bonds is 6. The van der Waals surface area contributed by atoms with Crippen LogP contribution in [0.5, 0.6) is 0 Å². The van der Waals surface area contributed by atoms with Gasteiger partial charge in [0.2, 0.25) is 5.01 Å². The van der Waals surface area contributed by atoms with Crippen molar-refractivity contribution in [3.63, 3.8) is 0 Å². The molecule has 1 atom stereocenters. The number of hydrogen-bond acceptors (Lipinski definition) is 6. The van der Waals surface area contributed by atoms with Gasteiger partial charge in [-0.3, -0.25) is 4.79 Å². The van der Waals surface area contributed by atoms with Crippen molar-refractivity contribution in [1.29, 1.82) is 0 Å². The number of likely N-dealkylation sites (tertiary alicyclic amines) is 1. The number of anilines is 1. The molecule has 2 N–H and O–H groups in total. The van der Waals surface area contributed by atoms with Gasteiger partial charge in [0.15, 0.2) is 0 Å². The summed E-state index contributed by atoms with van der Waals surface area (Å²) in [5.74, 6) is -0.247. The van der Waals surface area contributed by atoms with Crippen molar-refractivity contribution in [3.05, 3.63) is 39.3 Å². The molecule has 3 rings (SSSR count). The van der Waals surface area contributed by atoms with Crippen LogP contribution in [-0.2, 0) is 4.74 Å². The Morgan fingerprint density at radius 2 is 2.25 bits per heavy atom. The first-order valence-electron chi connectivity index (χ1n) is 8.99. The SMILES string of the molecule is COCCNC(=O)N1CCC[C@@H](c2nnc(C(=O)Nc3cccc(Cl)c3)s2)C1. The molecule has 1 aromatic carbocycles. The molecule has 0 radical (unpaired) electrons. The van der Waals surface area contributed by atoms with Crippen LogP contribution in [0.1, 0.15) is 33.6 Å². The molecule has 0 spiro atoms. The number of ether oxygens (including phenoxy) is 1. The molecule has 0 saturated carbocycles. The number of carbonyl (C=O) groups is 2. The first-order chi connectivity index (χ1) is 13.6. The van der Waals surface area contributed by atoms with Crippen LogP contribution in [-0.4, -0.2) is 60.4 Å². The quantitative estimate of drug-likeness (QED) is 0.696. The molecule has 0 aliphatic carbocycles. The van der Waals surface area contributed by atoms with E-state index in [0.717, 1.165) is 17.8 Å². The van der Waals surface area contributed by atoms with E-state index in [2.05, 4.69) is 20.8 Å². The number of halogens is 1. The van der Waals surface area contributed by atoms with Crippen LogP contribution >= 0.6 is 22.9 Å². The second-order valence-corrected chi connectivity index (χ2v) is 7.87. The Labute approximate surface area is 172 Å². The van der Waals surface area contributed by atoms with Crippen LogP contribution in [0.3, 0.4) is 0 Å². The lowest BCUT2D eigenvalue weighted by molar-refractivity contribution is 0.102. The van der Waals surface area contributed by atoms with Crippen LogP contribution in [0.4, 0.5) is 10.5 Å². The Bertz CT molecular complexity index is 831. The van der Waals surface area contributed by atoms with Gasteiger partial charge in [-0.15, -0.1) is 10.2 Å². The summed E-state index contributed by atoms with van der Waals surface area (Å²) in [6, 6.07) is 6.82. The second-order valence-electron chi connectivity index (χ2n) is 6.42. The number of hydrogen-bond donors (Lipinski definition) is 2. The Kier molecular flexibility index (Phi) is 7.18. The molecular formula is C18H22ClN5O3S. The number of carbonyl (C=O) groups excluding carboxylic acids is 2. The number of piperidine rings is 1. The van der Waals surface area contributed by atoms with Gasteiger partial charge in [-0.25, -0.2) is 4.79 Å². The molecule has 1 aromatic heterocycles. The fraction of sp³-hybridized carbons (Fsp3) is 0.444. The molecule has 1 fully saturated rings. The van der Waals surface area contributed by atoms with E-state index in [1.807, 2.05) is 0 Å². The number of urea groups is 1. The number of nitrogens with zero attached hydrogens (tertiary/aromatic N) is 3. The Balaban J connectivity index is 1.59. The molecule has 0 unspecified atom stereocenters. The second kappa shape index (κ2) is 9.81. The molecular weight excluding hydrogens is 402 g/mol. The van der Waals surface area contributed by atoms with E-state index in [9.17, 15) is 9.59 Å². The molecule has 28 heavy (non-hydrogen) atoms. The number of benzene rings is 1. The normalized spacial score (nSPS) is 16.6. The maximum absolute atomic E-state index is 12.4. The zero-order valence-corrected chi connectivity index (χ0v) is 17.1. The summed E-state index contributed by atoms with van der Waals surface area (Å²) in [6.45, 7) is 2.22. The van der Waals surface area contributed by atoms with Crippen LogP contribution in [0.25, 0.3) is 0 Å². The number of methoxy groups -OCH3 is 1. The molecule has 1 saturated heterocycles. The van der Waals surface area contributed by atoms with Crippen LogP contribution in [0, 0.1) is 0 Å². The van der Waals surface area contributed by atoms with Crippen molar-refractivity contribution in [3.8, 4) is 0 Å². The summed E-state index contributed by atoms with van der Waals surface area (Å²) in [5.41, 5.74) is 0.603. The number of aromatic nitrogens is 2. The highest BCUT2D eigenvalue weighted by molar-refractivity contribution is 7.13. The van der Waals surface area contributed by atoms with Gasteiger partial charge in [0.25, 0.3) is 5.91 Å². The topological polar surface area (TPSA) is 96.4 Å². The van der Waals surface area contributed by atoms with Gasteiger partial charge in [-0.05, 0) is 31.0 Å². The summed E-state index contributed by atoms with van der Waals surface area (Å²) < 4.78 is 4.95. The molecule has 0 bridgehead atoms. The number of amides is 3. The third-order valence-corrected chi connectivity index (χ3v) is 5.68. The Morgan fingerprint density at radius 3 is 3.04 bits per heavy atom. The highest BCUT2D eigenvalue weighted by atomic mass is 35.5. The minimum Gasteiger partial charge on any atom is -0.383 e. The predicted molar refractivity (Wildman–Crippen MR) is 108 cm³/mol. The van der Waals surface area contributed by atoms with Gasteiger partial charge >= 0.3 is 6.03 Å². The average molecular weight is 424 g/mol. The Morgan fingerprint density at radius 1 is 1.39 bits per heavy atom. The summed E-state index contributed by atoms with van der Waals surface area (Å²) in [5, 5.41) is 15.4. The smallest absolute Gasteiger partial charge is 0.317 e. The van der Waals surface area contributed by atoms with Crippen molar-refractivity contribution in [2.45, 2.75) is 18.8 Å². The van der Waals surface area contributed by atoms with Crippen molar-refractivity contribution in [2.24, 2.45) is 0 Å². The van der Waals surface area contributed by atoms with Crippen molar-refractivity contribution in [2.75, 3.05) is 38.7 Å². The summed E-state index contributed by atoms with van der Waals surface area (Å²) in [6.07, 6.45) is 1.79. The van der Waals surface area contributed by atoms with Gasteiger partial charge in [0, 0.05) is 43.4 Å². The third-order valence-electron chi connectivity index (χ3n) is 4.36. The minimum absolute atomic E-state index is 0.0761. The zero-order chi connectivity index (χ0) is 19.9. The van der Waals surface area contributed by atoms with E-state index < -0.39 is 0 Å². The summed E-state index contributed by atoms with van der Waals surface area (Å²) in [4.78, 5) is 26.4. The van der Waals surface area contributed by atoms with E-state index in [1.54, 1.807) is 36.3 Å². The lowest BCUT2D eigenvalue weighted by atomic mass is 9.99. The fourth-order valence-electron chi connectivity index (χ4n) is 2.98. The Hall–Kier alpha value is -2.23. The van der Waals surface area contributed by atoms with Crippen molar-refractivity contribution >= 4 is 40.6 Å². The molecule has 1 aliphatic rings. The largest absolute Gasteiger partial charge is 0.383 e. The molecule has 10 heteroatoms. The summed E-state index contributed by atoms with van der Waals surface area (Å²) in [7, 11) is 1.60. The first-order valence-corrected chi connectivity index (χ1v) is 10.2. The fourth-order valence-corrected chi connectivity index (χ4v) is 4.03. The van der Waals surface area contributed by atoms with Gasteiger partial charge in [0.05, 0.1) is 6.61 Å². The van der Waals surface area contributed by atoms with Crippen LogP contribution in [0.15, 0.2) is 24.3 Å². The predicted octanol–water partition coefficient (Wildman–Crippen LogP) is 2.98. The monoisotopic (exact) mass is 423 g/mol. The third kappa shape index (κ3) is 5.40. The zero-order valence-electron chi connectivity index (χ0n) is 15.5. The summed E-state index contributed by atoms with van der Waals surface area (Å²) >= 11 is 7.20. The molecule has 2 heterocycles. The van der Waals surface area contributed by atoms with Crippen molar-refractivity contribution in [1.82, 2.24) is 20.4 Å². The highest BCUT2D eigenvalue weighted by Gasteiger charge is 2.28. The molecule has 150 valence electrons. The number of nitrogens with one attached hydrogen (secondary N) is 2. The van der Waals surface area contributed by atoms with Crippen LogP contribution < -0.4 is 10.6 Å². The highest BCUT2D eigenvalue weighted by Crippen LogP contribution is 2.29. The standard InChI is InChI=1S/C18H22ClN5O3S/c1-27-9-7-20-18(26)24-8-3-4-12(11-24)16-22-23-17(28-16)15(25)21-14-6-2-5-13(19)10-14/h2,5-6,10,12H,3-4,7-9,11H2,1H3,(H,20,26)(H,21,25)/t12-/m1/s1. The van der Waals surface area contributed by atoms with Gasteiger partial charge in [-0.2, -0.15) is 0 Å². The average Bonchev–Trinajstić information content (AvgIpc) is 3.19. The van der Waals surface area contributed by atoms with E-state index in [1.165, 1.54) is 11.3 Å². The van der Waals surface area contributed by atoms with E-state index in [0.29, 0.717) is 37.0 Å². The van der Waals surface area contributed by atoms with Gasteiger partial charge in [-0.1, -0.05) is 29.0 Å². The van der Waals surface area contributed by atoms with E-state index in [-0.39, 0.29) is 22.9 Å². The lowest BCUT2D eigenvalue weighted by Crippen LogP contribution is -2.45. The molecule has 2 aromatic rings.